The van der Waals surface area contributed by atoms with E-state index in [1.54, 1.807) is 13.8 Å². The van der Waals surface area contributed by atoms with Crippen molar-refractivity contribution >= 4 is 12.0 Å². The molecule has 0 heterocycles. The molecule has 0 fully saturated rings. The van der Waals surface area contributed by atoms with Crippen molar-refractivity contribution in [1.29, 1.82) is 0 Å². The number of hydrogen-bond donors (Lipinski definition) is 3. The standard InChI is InChI=1S/C11H22N2O3/c1-7(2)5-6-12-11(16)13-9(8(3)4)10(14)15/h7-9H,5-6H2,1-4H3,(H,14,15)(H2,12,13,16)/t9-/m0/s1. The summed E-state index contributed by atoms with van der Waals surface area (Å²) >= 11 is 0. The van der Waals surface area contributed by atoms with E-state index in [1.807, 2.05) is 0 Å². The molecule has 0 saturated heterocycles. The molecule has 5 nitrogen and oxygen atoms in total. The van der Waals surface area contributed by atoms with Crippen molar-refractivity contribution in [2.75, 3.05) is 6.54 Å². The van der Waals surface area contributed by atoms with Gasteiger partial charge < -0.3 is 15.7 Å². The van der Waals surface area contributed by atoms with E-state index in [9.17, 15) is 9.59 Å². The Labute approximate surface area is 96.6 Å². The van der Waals surface area contributed by atoms with Gasteiger partial charge in [-0.1, -0.05) is 27.7 Å². The van der Waals surface area contributed by atoms with Crippen LogP contribution >= 0.6 is 0 Å². The highest BCUT2D eigenvalue weighted by Crippen LogP contribution is 2.01. The molecule has 0 aliphatic heterocycles. The molecule has 0 spiro atoms. The van der Waals surface area contributed by atoms with Gasteiger partial charge in [0.25, 0.3) is 0 Å². The van der Waals surface area contributed by atoms with Gasteiger partial charge in [-0.15, -0.1) is 0 Å². The lowest BCUT2D eigenvalue weighted by Crippen LogP contribution is -2.48. The maximum Gasteiger partial charge on any atom is 0.326 e. The largest absolute Gasteiger partial charge is 0.480 e. The van der Waals surface area contributed by atoms with E-state index in [2.05, 4.69) is 24.5 Å². The van der Waals surface area contributed by atoms with E-state index in [1.165, 1.54) is 0 Å². The normalized spacial score (nSPS) is 12.6. The number of amides is 2. The SMILES string of the molecule is CC(C)CCNC(=O)N[C@H](C(=O)O)C(C)C. The Morgan fingerprint density at radius 3 is 2.12 bits per heavy atom. The smallest absolute Gasteiger partial charge is 0.326 e. The minimum Gasteiger partial charge on any atom is -0.480 e. The molecule has 0 aromatic carbocycles. The number of nitrogens with one attached hydrogen (secondary N) is 2. The van der Waals surface area contributed by atoms with E-state index in [4.69, 9.17) is 5.11 Å². The minimum absolute atomic E-state index is 0.131. The Bertz CT molecular complexity index is 239. The first kappa shape index (κ1) is 14.7. The predicted molar refractivity (Wildman–Crippen MR) is 62.3 cm³/mol. The highest BCUT2D eigenvalue weighted by Gasteiger charge is 2.22. The van der Waals surface area contributed by atoms with E-state index in [0.717, 1.165) is 6.42 Å². The summed E-state index contributed by atoms with van der Waals surface area (Å²) in [5.74, 6) is -0.622. The molecule has 0 rings (SSSR count). The molecule has 0 saturated carbocycles. The molecule has 16 heavy (non-hydrogen) atoms. The molecular formula is C11H22N2O3. The van der Waals surface area contributed by atoms with Crippen molar-refractivity contribution in [2.45, 2.75) is 40.2 Å². The Hall–Kier alpha value is -1.26. The van der Waals surface area contributed by atoms with Gasteiger partial charge in [0.2, 0.25) is 0 Å². The Morgan fingerprint density at radius 1 is 1.19 bits per heavy atom. The van der Waals surface area contributed by atoms with Gasteiger partial charge in [0.15, 0.2) is 0 Å². The quantitative estimate of drug-likeness (QED) is 0.646. The lowest BCUT2D eigenvalue weighted by atomic mass is 10.1. The van der Waals surface area contributed by atoms with Gasteiger partial charge in [-0.25, -0.2) is 9.59 Å². The number of hydrogen-bond acceptors (Lipinski definition) is 2. The fraction of sp³-hybridized carbons (Fsp3) is 0.818. The van der Waals surface area contributed by atoms with Gasteiger partial charge in [0, 0.05) is 6.54 Å². The summed E-state index contributed by atoms with van der Waals surface area (Å²) in [5.41, 5.74) is 0. The first-order valence-electron chi connectivity index (χ1n) is 5.61. The van der Waals surface area contributed by atoms with E-state index >= 15 is 0 Å². The highest BCUT2D eigenvalue weighted by molar-refractivity contribution is 5.82. The van der Waals surface area contributed by atoms with Gasteiger partial charge in [-0.2, -0.15) is 0 Å². The average molecular weight is 230 g/mol. The zero-order valence-corrected chi connectivity index (χ0v) is 10.4. The van der Waals surface area contributed by atoms with Crippen LogP contribution in [0.15, 0.2) is 0 Å². The maximum absolute atomic E-state index is 11.4. The molecule has 0 aromatic rings. The summed E-state index contributed by atoms with van der Waals surface area (Å²) in [6.45, 7) is 8.20. The van der Waals surface area contributed by atoms with Gasteiger partial charge in [-0.05, 0) is 18.3 Å². The van der Waals surface area contributed by atoms with Gasteiger partial charge in [-0.3, -0.25) is 0 Å². The molecule has 0 unspecified atom stereocenters. The number of carboxylic acids is 1. The third kappa shape index (κ3) is 6.27. The van der Waals surface area contributed by atoms with Gasteiger partial charge in [0.1, 0.15) is 6.04 Å². The predicted octanol–water partition coefficient (Wildman–Crippen LogP) is 1.44. The molecule has 3 N–H and O–H groups in total. The molecule has 2 amide bonds. The van der Waals surface area contributed by atoms with Gasteiger partial charge in [0.05, 0.1) is 0 Å². The zero-order valence-electron chi connectivity index (χ0n) is 10.4. The summed E-state index contributed by atoms with van der Waals surface area (Å²) in [6.07, 6.45) is 0.882. The molecule has 0 aromatic heterocycles. The molecular weight excluding hydrogens is 208 g/mol. The Balaban J connectivity index is 3.97. The fourth-order valence-electron chi connectivity index (χ4n) is 1.18. The lowest BCUT2D eigenvalue weighted by molar-refractivity contribution is -0.140. The lowest BCUT2D eigenvalue weighted by Gasteiger charge is -2.18. The highest BCUT2D eigenvalue weighted by atomic mass is 16.4. The van der Waals surface area contributed by atoms with Crippen LogP contribution in [0.1, 0.15) is 34.1 Å². The van der Waals surface area contributed by atoms with Crippen LogP contribution in [0.4, 0.5) is 4.79 Å². The summed E-state index contributed by atoms with van der Waals surface area (Å²) < 4.78 is 0. The van der Waals surface area contributed by atoms with Crippen LogP contribution in [0.25, 0.3) is 0 Å². The fourth-order valence-corrected chi connectivity index (χ4v) is 1.18. The maximum atomic E-state index is 11.4. The topological polar surface area (TPSA) is 78.4 Å². The summed E-state index contributed by atoms with van der Waals surface area (Å²) in [4.78, 5) is 22.2. The van der Waals surface area contributed by atoms with Crippen LogP contribution in [0.5, 0.6) is 0 Å². The van der Waals surface area contributed by atoms with Crippen LogP contribution in [-0.2, 0) is 4.79 Å². The van der Waals surface area contributed by atoms with Gasteiger partial charge >= 0.3 is 12.0 Å². The van der Waals surface area contributed by atoms with Crippen molar-refractivity contribution in [3.63, 3.8) is 0 Å². The number of rotatable bonds is 6. The molecule has 0 radical (unpaired) electrons. The van der Waals surface area contributed by atoms with Crippen LogP contribution in [0.2, 0.25) is 0 Å². The summed E-state index contributed by atoms with van der Waals surface area (Å²) in [6, 6.07) is -1.25. The first-order valence-corrected chi connectivity index (χ1v) is 5.61. The molecule has 0 aliphatic carbocycles. The molecule has 1 atom stereocenters. The number of carbonyl (C=O) groups excluding carboxylic acids is 1. The second-order valence-corrected chi connectivity index (χ2v) is 4.64. The third-order valence-corrected chi connectivity index (χ3v) is 2.23. The molecule has 0 aliphatic rings. The van der Waals surface area contributed by atoms with Crippen LogP contribution in [0, 0.1) is 11.8 Å². The summed E-state index contributed by atoms with van der Waals surface area (Å²) in [7, 11) is 0. The number of aliphatic carboxylic acids is 1. The molecule has 94 valence electrons. The zero-order chi connectivity index (χ0) is 12.7. The van der Waals surface area contributed by atoms with Crippen molar-refractivity contribution < 1.29 is 14.7 Å². The van der Waals surface area contributed by atoms with Crippen LogP contribution < -0.4 is 10.6 Å². The van der Waals surface area contributed by atoms with Crippen molar-refractivity contribution in [1.82, 2.24) is 10.6 Å². The van der Waals surface area contributed by atoms with E-state index in [0.29, 0.717) is 12.5 Å². The first-order chi connectivity index (χ1) is 7.34. The van der Waals surface area contributed by atoms with Crippen molar-refractivity contribution in [2.24, 2.45) is 11.8 Å². The average Bonchev–Trinajstić information content (AvgIpc) is 2.12. The third-order valence-electron chi connectivity index (χ3n) is 2.23. The second kappa shape index (κ2) is 7.09. The van der Waals surface area contributed by atoms with Crippen molar-refractivity contribution in [3.8, 4) is 0 Å². The van der Waals surface area contributed by atoms with E-state index in [-0.39, 0.29) is 5.92 Å². The second-order valence-electron chi connectivity index (χ2n) is 4.64. The van der Waals surface area contributed by atoms with Crippen molar-refractivity contribution in [3.05, 3.63) is 0 Å². The summed E-state index contributed by atoms with van der Waals surface area (Å²) in [5, 5.41) is 13.9. The minimum atomic E-state index is -1.01. The van der Waals surface area contributed by atoms with Crippen LogP contribution in [-0.4, -0.2) is 29.7 Å². The molecule has 5 heteroatoms. The van der Waals surface area contributed by atoms with Crippen LogP contribution in [0.3, 0.4) is 0 Å². The Kier molecular flexibility index (Phi) is 6.53. The molecule has 0 bridgehead atoms. The van der Waals surface area contributed by atoms with E-state index < -0.39 is 18.0 Å². The monoisotopic (exact) mass is 230 g/mol. The number of carboxylic acid groups (broad SMARTS) is 1. The number of urea groups is 1. The Morgan fingerprint density at radius 2 is 1.75 bits per heavy atom. The number of carbonyl (C=O) groups is 2.